The molecule has 0 unspecified atom stereocenters. The van der Waals surface area contributed by atoms with Crippen LogP contribution >= 0.6 is 11.6 Å². The first-order valence-corrected chi connectivity index (χ1v) is 9.96. The van der Waals surface area contributed by atoms with Gasteiger partial charge in [-0.15, -0.1) is 0 Å². The van der Waals surface area contributed by atoms with Crippen LogP contribution in [0.1, 0.15) is 23.7 Å². The minimum Gasteiger partial charge on any atom is -0.504 e. The predicted molar refractivity (Wildman–Crippen MR) is 112 cm³/mol. The fraction of sp³-hybridized carbons (Fsp3) is 0.273. The van der Waals surface area contributed by atoms with Crippen LogP contribution in [-0.4, -0.2) is 33.1 Å². The zero-order chi connectivity index (χ0) is 20.4. The molecule has 0 atom stereocenters. The van der Waals surface area contributed by atoms with Crippen molar-refractivity contribution in [1.29, 1.82) is 0 Å². The van der Waals surface area contributed by atoms with Crippen LogP contribution in [0.25, 0.3) is 11.4 Å². The molecule has 7 heteroatoms. The SMILES string of the molecule is CCOc1cc(CN2CCc3nc(-c4ccc(Cl)cc4)[nH]c(=O)c3C2)ccc1O. The van der Waals surface area contributed by atoms with E-state index in [1.54, 1.807) is 18.2 Å². The van der Waals surface area contributed by atoms with Crippen molar-refractivity contribution in [3.8, 4) is 22.9 Å². The van der Waals surface area contributed by atoms with Crippen molar-refractivity contribution in [3.05, 3.63) is 74.7 Å². The van der Waals surface area contributed by atoms with E-state index < -0.39 is 0 Å². The van der Waals surface area contributed by atoms with Gasteiger partial charge in [-0.1, -0.05) is 17.7 Å². The molecule has 0 aliphatic carbocycles. The van der Waals surface area contributed by atoms with Crippen LogP contribution in [0.4, 0.5) is 0 Å². The monoisotopic (exact) mass is 411 g/mol. The summed E-state index contributed by atoms with van der Waals surface area (Å²) in [5.74, 6) is 1.18. The van der Waals surface area contributed by atoms with E-state index in [4.69, 9.17) is 16.3 Å². The van der Waals surface area contributed by atoms with Gasteiger partial charge in [-0.3, -0.25) is 9.69 Å². The molecule has 3 aromatic rings. The largest absolute Gasteiger partial charge is 0.504 e. The van der Waals surface area contributed by atoms with E-state index in [1.807, 2.05) is 31.2 Å². The van der Waals surface area contributed by atoms with E-state index >= 15 is 0 Å². The Morgan fingerprint density at radius 3 is 2.79 bits per heavy atom. The van der Waals surface area contributed by atoms with Gasteiger partial charge in [0.1, 0.15) is 5.82 Å². The van der Waals surface area contributed by atoms with Crippen molar-refractivity contribution in [2.45, 2.75) is 26.4 Å². The number of halogens is 1. The summed E-state index contributed by atoms with van der Waals surface area (Å²) in [4.78, 5) is 22.5. The number of hydrogen-bond donors (Lipinski definition) is 2. The molecular formula is C22H22ClN3O3. The molecule has 0 saturated carbocycles. The van der Waals surface area contributed by atoms with Gasteiger partial charge in [0.05, 0.1) is 17.9 Å². The molecule has 0 spiro atoms. The Morgan fingerprint density at radius 2 is 2.03 bits per heavy atom. The summed E-state index contributed by atoms with van der Waals surface area (Å²) in [6, 6.07) is 12.6. The molecule has 0 fully saturated rings. The fourth-order valence-electron chi connectivity index (χ4n) is 3.55. The first kappa shape index (κ1) is 19.5. The number of nitrogens with zero attached hydrogens (tertiary/aromatic N) is 2. The molecule has 2 aromatic carbocycles. The van der Waals surface area contributed by atoms with Gasteiger partial charge in [-0.25, -0.2) is 4.98 Å². The van der Waals surface area contributed by atoms with Gasteiger partial charge < -0.3 is 14.8 Å². The van der Waals surface area contributed by atoms with Gasteiger partial charge in [0.25, 0.3) is 5.56 Å². The highest BCUT2D eigenvalue weighted by Gasteiger charge is 2.22. The van der Waals surface area contributed by atoms with Gasteiger partial charge >= 0.3 is 0 Å². The molecule has 2 N–H and O–H groups in total. The molecule has 1 aliphatic heterocycles. The number of aromatic hydroxyl groups is 1. The van der Waals surface area contributed by atoms with E-state index in [0.29, 0.717) is 48.3 Å². The van der Waals surface area contributed by atoms with Crippen molar-refractivity contribution < 1.29 is 9.84 Å². The smallest absolute Gasteiger partial charge is 0.255 e. The summed E-state index contributed by atoms with van der Waals surface area (Å²) in [5.41, 5.74) is 3.31. The molecule has 6 nitrogen and oxygen atoms in total. The number of benzene rings is 2. The normalized spacial score (nSPS) is 13.9. The first-order chi connectivity index (χ1) is 14.0. The van der Waals surface area contributed by atoms with Gasteiger partial charge in [0.2, 0.25) is 0 Å². The summed E-state index contributed by atoms with van der Waals surface area (Å²) in [6.07, 6.45) is 0.705. The zero-order valence-corrected chi connectivity index (χ0v) is 16.9. The quantitative estimate of drug-likeness (QED) is 0.668. The minimum absolute atomic E-state index is 0.106. The zero-order valence-electron chi connectivity index (χ0n) is 16.1. The van der Waals surface area contributed by atoms with Gasteiger partial charge in [-0.2, -0.15) is 0 Å². The number of hydrogen-bond acceptors (Lipinski definition) is 5. The average molecular weight is 412 g/mol. The Bertz CT molecular complexity index is 1080. The predicted octanol–water partition coefficient (Wildman–Crippen LogP) is 3.75. The van der Waals surface area contributed by atoms with Crippen LogP contribution in [0.5, 0.6) is 11.5 Å². The average Bonchev–Trinajstić information content (AvgIpc) is 2.71. The van der Waals surface area contributed by atoms with Gasteiger partial charge in [0.15, 0.2) is 11.5 Å². The summed E-state index contributed by atoms with van der Waals surface area (Å²) < 4.78 is 5.46. The molecule has 0 radical (unpaired) electrons. The molecular weight excluding hydrogens is 390 g/mol. The number of ether oxygens (including phenoxy) is 1. The second-order valence-electron chi connectivity index (χ2n) is 7.04. The van der Waals surface area contributed by atoms with Crippen LogP contribution in [-0.2, 0) is 19.5 Å². The maximum atomic E-state index is 12.7. The number of rotatable bonds is 5. The Balaban J connectivity index is 1.54. The van der Waals surface area contributed by atoms with Crippen molar-refractivity contribution in [1.82, 2.24) is 14.9 Å². The van der Waals surface area contributed by atoms with Crippen LogP contribution in [0.3, 0.4) is 0 Å². The number of aromatic nitrogens is 2. The molecule has 2 heterocycles. The Hall–Kier alpha value is -2.83. The third-order valence-electron chi connectivity index (χ3n) is 5.00. The Labute approximate surface area is 173 Å². The molecule has 29 heavy (non-hydrogen) atoms. The Kier molecular flexibility index (Phi) is 5.56. The lowest BCUT2D eigenvalue weighted by molar-refractivity contribution is 0.241. The van der Waals surface area contributed by atoms with Crippen LogP contribution in [0.15, 0.2) is 47.3 Å². The van der Waals surface area contributed by atoms with Gasteiger partial charge in [-0.05, 0) is 48.9 Å². The highest BCUT2D eigenvalue weighted by molar-refractivity contribution is 6.30. The van der Waals surface area contributed by atoms with E-state index in [2.05, 4.69) is 14.9 Å². The second-order valence-corrected chi connectivity index (χ2v) is 7.48. The minimum atomic E-state index is -0.106. The number of phenols is 1. The summed E-state index contributed by atoms with van der Waals surface area (Å²) in [6.45, 7) is 4.37. The lowest BCUT2D eigenvalue weighted by atomic mass is 10.1. The third kappa shape index (κ3) is 4.28. The van der Waals surface area contributed by atoms with Gasteiger partial charge in [0, 0.05) is 36.6 Å². The summed E-state index contributed by atoms with van der Waals surface area (Å²) >= 11 is 5.94. The molecule has 1 aromatic heterocycles. The Morgan fingerprint density at radius 1 is 1.24 bits per heavy atom. The van der Waals surface area contributed by atoms with E-state index in [0.717, 1.165) is 23.4 Å². The lowest BCUT2D eigenvalue weighted by Gasteiger charge is -2.28. The van der Waals surface area contributed by atoms with Crippen molar-refractivity contribution >= 4 is 11.6 Å². The first-order valence-electron chi connectivity index (χ1n) is 9.58. The molecule has 0 amide bonds. The van der Waals surface area contributed by atoms with Crippen LogP contribution in [0.2, 0.25) is 5.02 Å². The van der Waals surface area contributed by atoms with Crippen molar-refractivity contribution in [3.63, 3.8) is 0 Å². The van der Waals surface area contributed by atoms with E-state index in [-0.39, 0.29) is 11.3 Å². The number of nitrogens with one attached hydrogen (secondary N) is 1. The maximum absolute atomic E-state index is 12.7. The van der Waals surface area contributed by atoms with Crippen molar-refractivity contribution in [2.75, 3.05) is 13.2 Å². The number of fused-ring (bicyclic) bond motifs is 1. The van der Waals surface area contributed by atoms with E-state index in [1.165, 1.54) is 0 Å². The lowest BCUT2D eigenvalue weighted by Crippen LogP contribution is -2.35. The van der Waals surface area contributed by atoms with E-state index in [9.17, 15) is 9.90 Å². The third-order valence-corrected chi connectivity index (χ3v) is 5.25. The molecule has 1 aliphatic rings. The van der Waals surface area contributed by atoms with Crippen LogP contribution < -0.4 is 10.3 Å². The molecule has 0 bridgehead atoms. The molecule has 0 saturated heterocycles. The van der Waals surface area contributed by atoms with Crippen LogP contribution in [0, 0.1) is 0 Å². The number of phenolic OH excluding ortho intramolecular Hbond substituents is 1. The molecule has 150 valence electrons. The number of aromatic amines is 1. The fourth-order valence-corrected chi connectivity index (χ4v) is 3.67. The highest BCUT2D eigenvalue weighted by atomic mass is 35.5. The summed E-state index contributed by atoms with van der Waals surface area (Å²) in [7, 11) is 0. The highest BCUT2D eigenvalue weighted by Crippen LogP contribution is 2.28. The standard InChI is InChI=1S/C22H22ClN3O3/c1-2-29-20-11-14(3-8-19(20)27)12-26-10-9-18-17(13-26)22(28)25-21(24-18)15-4-6-16(23)7-5-15/h3-8,11,27H,2,9-10,12-13H2,1H3,(H,24,25,28). The maximum Gasteiger partial charge on any atom is 0.255 e. The topological polar surface area (TPSA) is 78.5 Å². The molecule has 4 rings (SSSR count). The second kappa shape index (κ2) is 8.27. The summed E-state index contributed by atoms with van der Waals surface area (Å²) in [5, 5.41) is 10.5. The van der Waals surface area contributed by atoms with Crippen molar-refractivity contribution in [2.24, 2.45) is 0 Å². The number of H-pyrrole nitrogens is 1.